The van der Waals surface area contributed by atoms with Crippen LogP contribution in [0.4, 0.5) is 0 Å². The minimum absolute atomic E-state index is 0.319. The van der Waals surface area contributed by atoms with E-state index in [0.717, 1.165) is 0 Å². The third kappa shape index (κ3) is 3.74. The van der Waals surface area contributed by atoms with Gasteiger partial charge in [0.15, 0.2) is 5.82 Å². The summed E-state index contributed by atoms with van der Waals surface area (Å²) in [5.74, 6) is -0.0183. The van der Waals surface area contributed by atoms with Gasteiger partial charge in [0.2, 0.25) is 5.89 Å². The van der Waals surface area contributed by atoms with E-state index in [-0.39, 0.29) is 5.92 Å². The van der Waals surface area contributed by atoms with Crippen LogP contribution in [0.25, 0.3) is 0 Å². The number of aromatic nitrogens is 2. The summed E-state index contributed by atoms with van der Waals surface area (Å²) in [4.78, 5) is 14.9. The molecule has 1 saturated carbocycles. The van der Waals surface area contributed by atoms with E-state index >= 15 is 0 Å². The molecule has 0 saturated heterocycles. The molecule has 2 rings (SSSR count). The maximum atomic E-state index is 10.8. The van der Waals surface area contributed by atoms with Crippen LogP contribution >= 0.6 is 0 Å². The van der Waals surface area contributed by atoms with Crippen molar-refractivity contribution in [2.24, 2.45) is 5.92 Å². The highest BCUT2D eigenvalue weighted by atomic mass is 16.5. The minimum Gasteiger partial charge on any atom is -0.481 e. The summed E-state index contributed by atoms with van der Waals surface area (Å²) in [6.07, 6.45) is 2.05. The summed E-state index contributed by atoms with van der Waals surface area (Å²) in [6, 6.07) is 0. The van der Waals surface area contributed by atoms with E-state index in [2.05, 4.69) is 15.5 Å². The van der Waals surface area contributed by atoms with Crippen molar-refractivity contribution < 1.29 is 19.5 Å². The van der Waals surface area contributed by atoms with Gasteiger partial charge >= 0.3 is 5.97 Å². The topological polar surface area (TPSA) is 108 Å². The molecule has 1 aromatic rings. The van der Waals surface area contributed by atoms with Gasteiger partial charge < -0.3 is 20.1 Å². The van der Waals surface area contributed by atoms with Crippen molar-refractivity contribution in [3.8, 4) is 0 Å². The molecule has 0 amide bonds. The second kappa shape index (κ2) is 5.66. The van der Waals surface area contributed by atoms with E-state index in [0.29, 0.717) is 50.5 Å². The van der Waals surface area contributed by atoms with Crippen LogP contribution in [0.3, 0.4) is 0 Å². The van der Waals surface area contributed by atoms with Crippen molar-refractivity contribution in [3.05, 3.63) is 11.7 Å². The predicted octanol–water partition coefficient (Wildman–Crippen LogP) is 0.474. The second-order valence-electron chi connectivity index (χ2n) is 5.17. The molecule has 19 heavy (non-hydrogen) atoms. The smallest absolute Gasteiger partial charge is 0.306 e. The molecule has 0 spiro atoms. The van der Waals surface area contributed by atoms with Gasteiger partial charge in [0, 0.05) is 13.5 Å². The zero-order valence-corrected chi connectivity index (χ0v) is 10.9. The van der Waals surface area contributed by atoms with Gasteiger partial charge in [0.1, 0.15) is 0 Å². The zero-order valence-electron chi connectivity index (χ0n) is 10.9. The molecular formula is C12H19N3O4. The Bertz CT molecular complexity index is 438. The zero-order chi connectivity index (χ0) is 13.9. The van der Waals surface area contributed by atoms with Gasteiger partial charge in [0.25, 0.3) is 0 Å². The van der Waals surface area contributed by atoms with Gasteiger partial charge in [-0.05, 0) is 25.7 Å². The van der Waals surface area contributed by atoms with Crippen molar-refractivity contribution in [1.29, 1.82) is 0 Å². The Morgan fingerprint density at radius 3 is 2.74 bits per heavy atom. The third-order valence-electron chi connectivity index (χ3n) is 3.57. The maximum absolute atomic E-state index is 10.8. The number of hydrogen-bond donors (Lipinski definition) is 3. The number of hydrogen-bond acceptors (Lipinski definition) is 6. The lowest BCUT2D eigenvalue weighted by Crippen LogP contribution is -2.44. The number of aliphatic hydroxyl groups is 1. The maximum Gasteiger partial charge on any atom is 0.306 e. The van der Waals surface area contributed by atoms with Crippen molar-refractivity contribution in [1.82, 2.24) is 15.5 Å². The Kier molecular flexibility index (Phi) is 4.16. The second-order valence-corrected chi connectivity index (χ2v) is 5.17. The SMILES string of the molecule is Cc1nc(CNCC2(O)CCC(C(=O)O)CC2)no1. The fraction of sp³-hybridized carbons (Fsp3) is 0.750. The summed E-state index contributed by atoms with van der Waals surface area (Å²) < 4.78 is 4.84. The molecule has 0 aromatic carbocycles. The summed E-state index contributed by atoms with van der Waals surface area (Å²) in [6.45, 7) is 2.56. The van der Waals surface area contributed by atoms with Crippen LogP contribution < -0.4 is 5.32 Å². The lowest BCUT2D eigenvalue weighted by atomic mass is 9.79. The Morgan fingerprint density at radius 2 is 2.21 bits per heavy atom. The average molecular weight is 269 g/mol. The Labute approximate surface area is 111 Å². The van der Waals surface area contributed by atoms with Gasteiger partial charge in [-0.15, -0.1) is 0 Å². The summed E-state index contributed by atoms with van der Waals surface area (Å²) >= 11 is 0. The molecule has 0 radical (unpaired) electrons. The number of rotatable bonds is 5. The van der Waals surface area contributed by atoms with E-state index in [1.54, 1.807) is 6.92 Å². The molecule has 3 N–H and O–H groups in total. The molecular weight excluding hydrogens is 250 g/mol. The molecule has 106 valence electrons. The molecule has 1 heterocycles. The third-order valence-corrected chi connectivity index (χ3v) is 3.57. The lowest BCUT2D eigenvalue weighted by molar-refractivity contribution is -0.144. The fourth-order valence-electron chi connectivity index (χ4n) is 2.40. The highest BCUT2D eigenvalue weighted by Gasteiger charge is 2.35. The molecule has 1 aliphatic rings. The first kappa shape index (κ1) is 14.0. The van der Waals surface area contributed by atoms with Crippen LogP contribution in [0.1, 0.15) is 37.4 Å². The molecule has 1 aromatic heterocycles. The van der Waals surface area contributed by atoms with Crippen molar-refractivity contribution in [2.45, 2.75) is 44.8 Å². The number of aryl methyl sites for hydroxylation is 1. The number of carbonyl (C=O) groups is 1. The monoisotopic (exact) mass is 269 g/mol. The van der Waals surface area contributed by atoms with Crippen LogP contribution in [0.2, 0.25) is 0 Å². The number of carboxylic acids is 1. The predicted molar refractivity (Wildman–Crippen MR) is 65.3 cm³/mol. The highest BCUT2D eigenvalue weighted by molar-refractivity contribution is 5.70. The fourth-order valence-corrected chi connectivity index (χ4v) is 2.40. The van der Waals surface area contributed by atoms with Crippen LogP contribution in [0, 0.1) is 12.8 Å². The number of aliphatic carboxylic acids is 1. The first-order valence-corrected chi connectivity index (χ1v) is 6.44. The average Bonchev–Trinajstić information content (AvgIpc) is 2.75. The first-order chi connectivity index (χ1) is 8.98. The van der Waals surface area contributed by atoms with Gasteiger partial charge in [-0.2, -0.15) is 4.98 Å². The van der Waals surface area contributed by atoms with E-state index in [1.807, 2.05) is 0 Å². The minimum atomic E-state index is -0.829. The number of carboxylic acid groups (broad SMARTS) is 1. The van der Waals surface area contributed by atoms with Gasteiger partial charge in [-0.25, -0.2) is 0 Å². The van der Waals surface area contributed by atoms with Gasteiger partial charge in [-0.1, -0.05) is 5.16 Å². The van der Waals surface area contributed by atoms with E-state index in [9.17, 15) is 9.90 Å². The van der Waals surface area contributed by atoms with Crippen molar-refractivity contribution in [2.75, 3.05) is 6.54 Å². The Morgan fingerprint density at radius 1 is 1.53 bits per heavy atom. The van der Waals surface area contributed by atoms with Crippen molar-refractivity contribution in [3.63, 3.8) is 0 Å². The molecule has 0 bridgehead atoms. The van der Waals surface area contributed by atoms with Gasteiger partial charge in [-0.3, -0.25) is 4.79 Å². The van der Waals surface area contributed by atoms with Crippen LogP contribution in [-0.4, -0.2) is 38.5 Å². The molecule has 1 fully saturated rings. The summed E-state index contributed by atoms with van der Waals surface area (Å²) in [7, 11) is 0. The number of nitrogens with zero attached hydrogens (tertiary/aromatic N) is 2. The van der Waals surface area contributed by atoms with Crippen LogP contribution in [-0.2, 0) is 11.3 Å². The Balaban J connectivity index is 1.75. The molecule has 7 nitrogen and oxygen atoms in total. The van der Waals surface area contributed by atoms with Crippen LogP contribution in [0.5, 0.6) is 0 Å². The summed E-state index contributed by atoms with van der Waals surface area (Å²) in [5.41, 5.74) is -0.829. The summed E-state index contributed by atoms with van der Waals surface area (Å²) in [5, 5.41) is 26.1. The lowest BCUT2D eigenvalue weighted by Gasteiger charge is -2.34. The number of nitrogens with one attached hydrogen (secondary N) is 1. The normalized spacial score (nSPS) is 27.4. The van der Waals surface area contributed by atoms with E-state index in [1.165, 1.54) is 0 Å². The molecule has 0 atom stereocenters. The van der Waals surface area contributed by atoms with Crippen LogP contribution in [0.15, 0.2) is 4.52 Å². The van der Waals surface area contributed by atoms with Gasteiger partial charge in [0.05, 0.1) is 18.1 Å². The molecule has 0 unspecified atom stereocenters. The molecule has 7 heteroatoms. The standard InChI is InChI=1S/C12H19N3O4/c1-8-14-10(15-19-8)6-13-7-12(18)4-2-9(3-5-12)11(16)17/h9,13,18H,2-7H2,1H3,(H,16,17). The highest BCUT2D eigenvalue weighted by Crippen LogP contribution is 2.31. The Hall–Kier alpha value is -1.47. The van der Waals surface area contributed by atoms with E-state index in [4.69, 9.17) is 9.63 Å². The van der Waals surface area contributed by atoms with Crippen molar-refractivity contribution >= 4 is 5.97 Å². The molecule has 1 aliphatic carbocycles. The quantitative estimate of drug-likeness (QED) is 0.713. The molecule has 0 aliphatic heterocycles. The largest absolute Gasteiger partial charge is 0.481 e. The first-order valence-electron chi connectivity index (χ1n) is 6.44. The van der Waals surface area contributed by atoms with E-state index < -0.39 is 11.6 Å².